The number of imidazole rings is 1. The van der Waals surface area contributed by atoms with E-state index in [1.54, 1.807) is 6.20 Å². The van der Waals surface area contributed by atoms with Crippen molar-refractivity contribution < 1.29 is 0 Å². The van der Waals surface area contributed by atoms with Gasteiger partial charge in [0.1, 0.15) is 0 Å². The lowest BCUT2D eigenvalue weighted by molar-refractivity contribution is 0.665. The van der Waals surface area contributed by atoms with E-state index in [1.807, 2.05) is 24.3 Å². The molecule has 2 rings (SSSR count). The summed E-state index contributed by atoms with van der Waals surface area (Å²) in [4.78, 5) is 8.77. The molecule has 1 aromatic carbocycles. The van der Waals surface area contributed by atoms with Gasteiger partial charge in [-0.05, 0) is 38.2 Å². The molecule has 1 aromatic heterocycles. The second-order valence-corrected chi connectivity index (χ2v) is 8.08. The standard InChI is InChI=1S/C19H29N5S.HI/c1-5-21-18(23-14-19(2,3)25-4)22-12-16-6-8-17(9-7-16)13-24-11-10-20-15-24;/h6-11,15H,5,12-14H2,1-4H3,(H2,21,22,23);1H. The molecular formula is C19H30IN5S. The molecule has 26 heavy (non-hydrogen) atoms. The van der Waals surface area contributed by atoms with Crippen LogP contribution < -0.4 is 10.6 Å². The Morgan fingerprint density at radius 3 is 2.46 bits per heavy atom. The molecular weight excluding hydrogens is 457 g/mol. The van der Waals surface area contributed by atoms with Crippen LogP contribution in [0.5, 0.6) is 0 Å². The van der Waals surface area contributed by atoms with E-state index in [0.717, 1.165) is 25.6 Å². The molecule has 0 aliphatic carbocycles. The zero-order chi connectivity index (χ0) is 18.1. The van der Waals surface area contributed by atoms with Crippen molar-refractivity contribution in [2.24, 2.45) is 4.99 Å². The van der Waals surface area contributed by atoms with Crippen LogP contribution in [-0.4, -0.2) is 39.6 Å². The predicted octanol–water partition coefficient (Wildman–Crippen LogP) is 3.75. The summed E-state index contributed by atoms with van der Waals surface area (Å²) in [6.45, 7) is 9.79. The van der Waals surface area contributed by atoms with Gasteiger partial charge < -0.3 is 15.2 Å². The summed E-state index contributed by atoms with van der Waals surface area (Å²) in [5.41, 5.74) is 2.47. The van der Waals surface area contributed by atoms with E-state index >= 15 is 0 Å². The summed E-state index contributed by atoms with van der Waals surface area (Å²) in [6.07, 6.45) is 7.75. The van der Waals surface area contributed by atoms with E-state index < -0.39 is 0 Å². The van der Waals surface area contributed by atoms with Gasteiger partial charge >= 0.3 is 0 Å². The van der Waals surface area contributed by atoms with Crippen LogP contribution in [0, 0.1) is 0 Å². The summed E-state index contributed by atoms with van der Waals surface area (Å²) in [6, 6.07) is 8.60. The predicted molar refractivity (Wildman–Crippen MR) is 124 cm³/mol. The minimum atomic E-state index is 0. The first-order chi connectivity index (χ1) is 12.0. The van der Waals surface area contributed by atoms with E-state index in [2.05, 4.69) is 71.5 Å². The van der Waals surface area contributed by atoms with E-state index in [-0.39, 0.29) is 28.7 Å². The van der Waals surface area contributed by atoms with Gasteiger partial charge in [0, 0.05) is 36.8 Å². The molecule has 0 atom stereocenters. The van der Waals surface area contributed by atoms with Gasteiger partial charge in [-0.2, -0.15) is 11.8 Å². The number of hydrogen-bond acceptors (Lipinski definition) is 3. The fourth-order valence-electron chi connectivity index (χ4n) is 2.22. The molecule has 0 amide bonds. The maximum Gasteiger partial charge on any atom is 0.191 e. The number of halogens is 1. The Morgan fingerprint density at radius 2 is 1.88 bits per heavy atom. The molecule has 7 heteroatoms. The molecule has 0 fully saturated rings. The fraction of sp³-hybridized carbons (Fsp3) is 0.474. The lowest BCUT2D eigenvalue weighted by Crippen LogP contribution is -2.43. The van der Waals surface area contributed by atoms with Gasteiger partial charge in [-0.1, -0.05) is 24.3 Å². The minimum absolute atomic E-state index is 0. The molecule has 5 nitrogen and oxygen atoms in total. The quantitative estimate of drug-likeness (QED) is 0.339. The SMILES string of the molecule is CCNC(=NCc1ccc(Cn2ccnc2)cc1)NCC(C)(C)SC.I. The number of nitrogens with zero attached hydrogens (tertiary/aromatic N) is 3. The Labute approximate surface area is 178 Å². The number of nitrogens with one attached hydrogen (secondary N) is 2. The van der Waals surface area contributed by atoms with Crippen molar-refractivity contribution in [3.8, 4) is 0 Å². The molecule has 1 heterocycles. The maximum atomic E-state index is 4.70. The van der Waals surface area contributed by atoms with Gasteiger partial charge in [0.05, 0.1) is 12.9 Å². The smallest absolute Gasteiger partial charge is 0.191 e. The topological polar surface area (TPSA) is 54.2 Å². The van der Waals surface area contributed by atoms with Crippen LogP contribution in [0.3, 0.4) is 0 Å². The first-order valence-electron chi connectivity index (χ1n) is 8.63. The Kier molecular flexibility index (Phi) is 10.1. The number of hydrogen-bond donors (Lipinski definition) is 2. The average molecular weight is 487 g/mol. The highest BCUT2D eigenvalue weighted by Gasteiger charge is 2.15. The highest BCUT2D eigenvalue weighted by molar-refractivity contribution is 14.0. The number of aliphatic imine (C=N–C) groups is 1. The molecule has 0 radical (unpaired) electrons. The third-order valence-electron chi connectivity index (χ3n) is 3.95. The van der Waals surface area contributed by atoms with Gasteiger partial charge in [-0.25, -0.2) is 9.98 Å². The Hall–Kier alpha value is -1.22. The Bertz CT molecular complexity index is 653. The normalized spacial score (nSPS) is 11.8. The van der Waals surface area contributed by atoms with Crippen molar-refractivity contribution >= 4 is 41.7 Å². The maximum absolute atomic E-state index is 4.70. The third-order valence-corrected chi connectivity index (χ3v) is 5.19. The zero-order valence-electron chi connectivity index (χ0n) is 16.0. The summed E-state index contributed by atoms with van der Waals surface area (Å²) < 4.78 is 2.25. The minimum Gasteiger partial charge on any atom is -0.357 e. The average Bonchev–Trinajstić information content (AvgIpc) is 3.12. The largest absolute Gasteiger partial charge is 0.357 e. The van der Waals surface area contributed by atoms with E-state index in [0.29, 0.717) is 6.54 Å². The Balaban J connectivity index is 0.00000338. The molecule has 0 aliphatic heterocycles. The van der Waals surface area contributed by atoms with Crippen LogP contribution in [0.15, 0.2) is 48.0 Å². The number of rotatable bonds is 8. The molecule has 0 saturated heterocycles. The summed E-state index contributed by atoms with van der Waals surface area (Å²) in [7, 11) is 0. The Morgan fingerprint density at radius 1 is 1.19 bits per heavy atom. The van der Waals surface area contributed by atoms with Gasteiger partial charge in [-0.3, -0.25) is 0 Å². The first kappa shape index (κ1) is 22.8. The van der Waals surface area contributed by atoms with Crippen LogP contribution in [0.25, 0.3) is 0 Å². The highest BCUT2D eigenvalue weighted by atomic mass is 127. The number of aromatic nitrogens is 2. The second-order valence-electron chi connectivity index (χ2n) is 6.56. The first-order valence-corrected chi connectivity index (χ1v) is 9.86. The van der Waals surface area contributed by atoms with Gasteiger partial charge in [-0.15, -0.1) is 24.0 Å². The highest BCUT2D eigenvalue weighted by Crippen LogP contribution is 2.19. The third kappa shape index (κ3) is 7.99. The van der Waals surface area contributed by atoms with Gasteiger partial charge in [0.15, 0.2) is 5.96 Å². The van der Waals surface area contributed by atoms with Crippen LogP contribution in [0.1, 0.15) is 31.9 Å². The van der Waals surface area contributed by atoms with Crippen molar-refractivity contribution in [2.75, 3.05) is 19.3 Å². The number of benzene rings is 1. The lowest BCUT2D eigenvalue weighted by Gasteiger charge is -2.23. The van der Waals surface area contributed by atoms with Crippen LogP contribution >= 0.6 is 35.7 Å². The molecule has 0 bridgehead atoms. The van der Waals surface area contributed by atoms with Crippen LogP contribution in [0.2, 0.25) is 0 Å². The molecule has 144 valence electrons. The molecule has 0 saturated carbocycles. The number of guanidine groups is 1. The summed E-state index contributed by atoms with van der Waals surface area (Å²) in [5.74, 6) is 0.868. The van der Waals surface area contributed by atoms with Crippen molar-refractivity contribution in [2.45, 2.75) is 38.6 Å². The van der Waals surface area contributed by atoms with Crippen molar-refractivity contribution in [3.05, 3.63) is 54.1 Å². The molecule has 0 unspecified atom stereocenters. The van der Waals surface area contributed by atoms with Crippen LogP contribution in [-0.2, 0) is 13.1 Å². The zero-order valence-corrected chi connectivity index (χ0v) is 19.2. The van der Waals surface area contributed by atoms with Crippen molar-refractivity contribution in [3.63, 3.8) is 0 Å². The summed E-state index contributed by atoms with van der Waals surface area (Å²) in [5, 5.41) is 6.74. The summed E-state index contributed by atoms with van der Waals surface area (Å²) >= 11 is 1.85. The van der Waals surface area contributed by atoms with Crippen molar-refractivity contribution in [1.82, 2.24) is 20.2 Å². The van der Waals surface area contributed by atoms with Crippen LogP contribution in [0.4, 0.5) is 0 Å². The molecule has 0 spiro atoms. The second kappa shape index (κ2) is 11.5. The molecule has 2 aromatic rings. The van der Waals surface area contributed by atoms with E-state index in [9.17, 15) is 0 Å². The molecule has 2 N–H and O–H groups in total. The monoisotopic (exact) mass is 487 g/mol. The fourth-order valence-corrected chi connectivity index (χ4v) is 2.44. The van der Waals surface area contributed by atoms with Gasteiger partial charge in [0.25, 0.3) is 0 Å². The van der Waals surface area contributed by atoms with E-state index in [4.69, 9.17) is 4.99 Å². The lowest BCUT2D eigenvalue weighted by atomic mass is 10.1. The van der Waals surface area contributed by atoms with E-state index in [1.165, 1.54) is 11.1 Å². The van der Waals surface area contributed by atoms with Crippen molar-refractivity contribution in [1.29, 1.82) is 0 Å². The van der Waals surface area contributed by atoms with Gasteiger partial charge in [0.2, 0.25) is 0 Å². The number of thioether (sulfide) groups is 1. The molecule has 0 aliphatic rings.